The molecule has 0 unspecified atom stereocenters. The van der Waals surface area contributed by atoms with Crippen LogP contribution in [0.25, 0.3) is 0 Å². The number of para-hydroxylation sites is 2. The number of benzene rings is 2. The molecule has 0 aliphatic heterocycles. The molecule has 0 atom stereocenters. The molecule has 0 aliphatic rings. The number of ether oxygens (including phenoxy) is 1. The fourth-order valence-corrected chi connectivity index (χ4v) is 2.39. The minimum Gasteiger partial charge on any atom is -0.457 e. The molecular formula is C21H29IN4O2. The molecule has 0 saturated carbocycles. The van der Waals surface area contributed by atoms with Crippen molar-refractivity contribution in [2.24, 2.45) is 4.99 Å². The second-order valence-electron chi connectivity index (χ2n) is 7.10. The third-order valence-electron chi connectivity index (χ3n) is 3.54. The lowest BCUT2D eigenvalue weighted by Crippen LogP contribution is -2.48. The normalized spacial score (nSPS) is 11.2. The Kier molecular flexibility index (Phi) is 9.78. The van der Waals surface area contributed by atoms with Crippen LogP contribution in [0.3, 0.4) is 0 Å². The molecule has 1 amide bonds. The third-order valence-corrected chi connectivity index (χ3v) is 3.54. The van der Waals surface area contributed by atoms with Crippen LogP contribution in [0.15, 0.2) is 59.6 Å². The van der Waals surface area contributed by atoms with Crippen LogP contribution in [0.1, 0.15) is 26.3 Å². The number of carbonyl (C=O) groups is 1. The molecule has 3 N–H and O–H groups in total. The Bertz CT molecular complexity index is 773. The summed E-state index contributed by atoms with van der Waals surface area (Å²) in [5, 5.41) is 9.13. The van der Waals surface area contributed by atoms with E-state index in [1.165, 1.54) is 0 Å². The van der Waals surface area contributed by atoms with Crippen molar-refractivity contribution in [1.29, 1.82) is 0 Å². The summed E-state index contributed by atoms with van der Waals surface area (Å²) in [6.45, 7) is 6.51. The van der Waals surface area contributed by atoms with Crippen molar-refractivity contribution in [1.82, 2.24) is 16.0 Å². The van der Waals surface area contributed by atoms with Crippen molar-refractivity contribution in [3.05, 3.63) is 60.2 Å². The largest absolute Gasteiger partial charge is 0.457 e. The molecule has 0 spiro atoms. The SMILES string of the molecule is CN=C(NCC(=O)NC(C)(C)C)NCc1ccccc1Oc1ccccc1.I. The average molecular weight is 496 g/mol. The predicted molar refractivity (Wildman–Crippen MR) is 124 cm³/mol. The van der Waals surface area contributed by atoms with Gasteiger partial charge in [-0.05, 0) is 39.0 Å². The summed E-state index contributed by atoms with van der Waals surface area (Å²) in [5.41, 5.74) is 0.729. The van der Waals surface area contributed by atoms with Crippen LogP contribution in [0.2, 0.25) is 0 Å². The lowest BCUT2D eigenvalue weighted by molar-refractivity contribution is -0.121. The molecule has 2 rings (SSSR count). The molecule has 152 valence electrons. The Morgan fingerprint density at radius 3 is 2.29 bits per heavy atom. The maximum Gasteiger partial charge on any atom is 0.239 e. The number of amides is 1. The molecule has 7 heteroatoms. The van der Waals surface area contributed by atoms with Crippen LogP contribution >= 0.6 is 24.0 Å². The van der Waals surface area contributed by atoms with E-state index in [0.29, 0.717) is 12.5 Å². The van der Waals surface area contributed by atoms with Crippen molar-refractivity contribution in [3.63, 3.8) is 0 Å². The van der Waals surface area contributed by atoms with Crippen LogP contribution in [-0.2, 0) is 11.3 Å². The number of aliphatic imine (C=N–C) groups is 1. The summed E-state index contributed by atoms with van der Waals surface area (Å²) in [5.74, 6) is 2.02. The Labute approximate surface area is 184 Å². The minimum absolute atomic E-state index is 0. The molecule has 2 aromatic rings. The van der Waals surface area contributed by atoms with Crippen molar-refractivity contribution in [2.45, 2.75) is 32.9 Å². The highest BCUT2D eigenvalue weighted by molar-refractivity contribution is 14.0. The van der Waals surface area contributed by atoms with Gasteiger partial charge in [-0.25, -0.2) is 0 Å². The Morgan fingerprint density at radius 2 is 1.64 bits per heavy atom. The number of hydrogen-bond acceptors (Lipinski definition) is 3. The van der Waals surface area contributed by atoms with Crippen LogP contribution in [0.5, 0.6) is 11.5 Å². The van der Waals surface area contributed by atoms with Crippen molar-refractivity contribution in [2.75, 3.05) is 13.6 Å². The summed E-state index contributed by atoms with van der Waals surface area (Å²) in [6.07, 6.45) is 0. The Morgan fingerprint density at radius 1 is 1.00 bits per heavy atom. The highest BCUT2D eigenvalue weighted by atomic mass is 127. The topological polar surface area (TPSA) is 74.8 Å². The van der Waals surface area contributed by atoms with E-state index in [-0.39, 0.29) is 42.0 Å². The zero-order valence-corrected chi connectivity index (χ0v) is 19.1. The first-order valence-corrected chi connectivity index (χ1v) is 8.94. The maximum atomic E-state index is 11.9. The molecule has 0 aliphatic carbocycles. The van der Waals surface area contributed by atoms with Gasteiger partial charge in [0.15, 0.2) is 5.96 Å². The average Bonchev–Trinajstić information content (AvgIpc) is 2.62. The maximum absolute atomic E-state index is 11.9. The third kappa shape index (κ3) is 8.60. The molecule has 0 heterocycles. The second-order valence-corrected chi connectivity index (χ2v) is 7.10. The molecular weight excluding hydrogens is 467 g/mol. The molecule has 0 radical (unpaired) electrons. The lowest BCUT2D eigenvalue weighted by Gasteiger charge is -2.21. The fraction of sp³-hybridized carbons (Fsp3) is 0.333. The van der Waals surface area contributed by atoms with Gasteiger partial charge in [-0.3, -0.25) is 9.79 Å². The smallest absolute Gasteiger partial charge is 0.239 e. The van der Waals surface area contributed by atoms with Gasteiger partial charge in [0, 0.05) is 24.7 Å². The predicted octanol–water partition coefficient (Wildman–Crippen LogP) is 3.68. The van der Waals surface area contributed by atoms with Gasteiger partial charge >= 0.3 is 0 Å². The second kappa shape index (κ2) is 11.5. The highest BCUT2D eigenvalue weighted by Crippen LogP contribution is 2.24. The van der Waals surface area contributed by atoms with Gasteiger partial charge in [-0.1, -0.05) is 36.4 Å². The molecule has 6 nitrogen and oxygen atoms in total. The van der Waals surface area contributed by atoms with E-state index in [4.69, 9.17) is 4.74 Å². The number of hydrogen-bond donors (Lipinski definition) is 3. The van der Waals surface area contributed by atoms with E-state index < -0.39 is 0 Å². The number of nitrogens with one attached hydrogen (secondary N) is 3. The summed E-state index contributed by atoms with van der Waals surface area (Å²) < 4.78 is 5.96. The van der Waals surface area contributed by atoms with Crippen molar-refractivity contribution >= 4 is 35.8 Å². The number of rotatable bonds is 6. The van der Waals surface area contributed by atoms with Gasteiger partial charge in [-0.15, -0.1) is 24.0 Å². The van der Waals surface area contributed by atoms with Crippen LogP contribution in [-0.4, -0.2) is 31.0 Å². The van der Waals surface area contributed by atoms with Crippen LogP contribution in [0, 0.1) is 0 Å². The van der Waals surface area contributed by atoms with E-state index in [9.17, 15) is 4.79 Å². The molecule has 2 aromatic carbocycles. The highest BCUT2D eigenvalue weighted by Gasteiger charge is 2.13. The fourth-order valence-electron chi connectivity index (χ4n) is 2.39. The summed E-state index contributed by atoms with van der Waals surface area (Å²) >= 11 is 0. The quantitative estimate of drug-likeness (QED) is 0.324. The Balaban J connectivity index is 0.00000392. The number of halogens is 1. The van der Waals surface area contributed by atoms with Crippen LogP contribution < -0.4 is 20.7 Å². The van der Waals surface area contributed by atoms with Gasteiger partial charge < -0.3 is 20.7 Å². The molecule has 0 fully saturated rings. The van der Waals surface area contributed by atoms with Gasteiger partial charge in [-0.2, -0.15) is 0 Å². The summed E-state index contributed by atoms with van der Waals surface area (Å²) in [4.78, 5) is 16.1. The van der Waals surface area contributed by atoms with Gasteiger partial charge in [0.05, 0.1) is 6.54 Å². The number of nitrogens with zero attached hydrogens (tertiary/aromatic N) is 1. The lowest BCUT2D eigenvalue weighted by atomic mass is 10.1. The molecule has 0 aromatic heterocycles. The van der Waals surface area contributed by atoms with Gasteiger partial charge in [0.25, 0.3) is 0 Å². The molecule has 0 saturated heterocycles. The summed E-state index contributed by atoms with van der Waals surface area (Å²) in [7, 11) is 1.67. The first-order chi connectivity index (χ1) is 12.9. The Hall–Kier alpha value is -2.29. The zero-order chi connectivity index (χ0) is 19.7. The standard InChI is InChI=1S/C21H28N4O2.HI/c1-21(2,3)25-19(26)15-24-20(22-4)23-14-16-10-8-9-13-18(16)27-17-11-6-5-7-12-17;/h5-13H,14-15H2,1-4H3,(H,25,26)(H2,22,23,24);1H. The zero-order valence-electron chi connectivity index (χ0n) is 16.8. The molecule has 28 heavy (non-hydrogen) atoms. The first-order valence-electron chi connectivity index (χ1n) is 8.94. The van der Waals surface area contributed by atoms with Crippen LogP contribution in [0.4, 0.5) is 0 Å². The number of guanidine groups is 1. The minimum atomic E-state index is -0.260. The van der Waals surface area contributed by atoms with E-state index in [1.54, 1.807) is 7.05 Å². The number of carbonyl (C=O) groups excluding carboxylic acids is 1. The molecule has 0 bridgehead atoms. The van der Waals surface area contributed by atoms with E-state index >= 15 is 0 Å². The van der Waals surface area contributed by atoms with Crippen molar-refractivity contribution in [3.8, 4) is 11.5 Å². The first kappa shape index (κ1) is 23.7. The van der Waals surface area contributed by atoms with Crippen molar-refractivity contribution < 1.29 is 9.53 Å². The van der Waals surface area contributed by atoms with Gasteiger partial charge in [0.2, 0.25) is 5.91 Å². The van der Waals surface area contributed by atoms with E-state index in [1.807, 2.05) is 75.4 Å². The van der Waals surface area contributed by atoms with Gasteiger partial charge in [0.1, 0.15) is 11.5 Å². The monoisotopic (exact) mass is 496 g/mol. The van der Waals surface area contributed by atoms with E-state index in [2.05, 4.69) is 20.9 Å². The summed E-state index contributed by atoms with van der Waals surface area (Å²) in [6, 6.07) is 17.5. The van der Waals surface area contributed by atoms with E-state index in [0.717, 1.165) is 17.1 Å².